The molecule has 0 atom stereocenters. The zero-order valence-electron chi connectivity index (χ0n) is 16.2. The predicted octanol–water partition coefficient (Wildman–Crippen LogP) is 2.51. The fourth-order valence-electron chi connectivity index (χ4n) is 3.12. The van der Waals surface area contributed by atoms with E-state index in [1.165, 1.54) is 12.1 Å². The van der Waals surface area contributed by atoms with Gasteiger partial charge in [0, 0.05) is 33.6 Å². The maximum atomic E-state index is 12.5. The zero-order chi connectivity index (χ0) is 20.6. The summed E-state index contributed by atoms with van der Waals surface area (Å²) in [6, 6.07) is 4.64. The van der Waals surface area contributed by atoms with Crippen molar-refractivity contribution in [2.45, 2.75) is 25.4 Å². The molecule has 0 saturated carbocycles. The Morgan fingerprint density at radius 2 is 1.89 bits per heavy atom. The largest absolute Gasteiger partial charge is 0.492 e. The number of benzene rings is 1. The standard InChI is InChI=1S/C19H27F3N4O2/c1-23-17(27)13-14-7-10-26(11-8-14)18(24-2)25-9-12-28-16-5-3-15(4-6-16)19(20,21)22/h3-6,14H,7-13H2,1-2H3,(H,23,27)(H,24,25). The van der Waals surface area contributed by atoms with Gasteiger partial charge in [-0.05, 0) is 43.0 Å². The molecule has 1 aliphatic rings. The van der Waals surface area contributed by atoms with Gasteiger partial charge in [0.15, 0.2) is 5.96 Å². The minimum Gasteiger partial charge on any atom is -0.492 e. The van der Waals surface area contributed by atoms with Crippen molar-refractivity contribution in [3.63, 3.8) is 0 Å². The van der Waals surface area contributed by atoms with E-state index in [-0.39, 0.29) is 5.91 Å². The molecule has 0 radical (unpaired) electrons. The van der Waals surface area contributed by atoms with Crippen LogP contribution in [0.15, 0.2) is 29.3 Å². The van der Waals surface area contributed by atoms with E-state index in [1.807, 2.05) is 0 Å². The quantitative estimate of drug-likeness (QED) is 0.438. The smallest absolute Gasteiger partial charge is 0.416 e. The van der Waals surface area contributed by atoms with Gasteiger partial charge in [-0.3, -0.25) is 9.79 Å². The third-order valence-electron chi connectivity index (χ3n) is 4.71. The van der Waals surface area contributed by atoms with E-state index >= 15 is 0 Å². The lowest BCUT2D eigenvalue weighted by molar-refractivity contribution is -0.137. The maximum absolute atomic E-state index is 12.5. The first-order valence-electron chi connectivity index (χ1n) is 9.29. The van der Waals surface area contributed by atoms with Crippen molar-refractivity contribution in [2.75, 3.05) is 40.3 Å². The molecule has 0 spiro atoms. The zero-order valence-corrected chi connectivity index (χ0v) is 16.2. The van der Waals surface area contributed by atoms with Gasteiger partial charge in [0.2, 0.25) is 5.91 Å². The average Bonchev–Trinajstić information content (AvgIpc) is 2.68. The number of carbonyl (C=O) groups excluding carboxylic acids is 1. The number of piperidine rings is 1. The molecule has 1 saturated heterocycles. The molecule has 1 heterocycles. The van der Waals surface area contributed by atoms with Crippen LogP contribution >= 0.6 is 0 Å². The molecule has 6 nitrogen and oxygen atoms in total. The van der Waals surface area contributed by atoms with Gasteiger partial charge >= 0.3 is 6.18 Å². The first-order valence-corrected chi connectivity index (χ1v) is 9.29. The molecule has 156 valence electrons. The van der Waals surface area contributed by atoms with Crippen molar-refractivity contribution in [2.24, 2.45) is 10.9 Å². The van der Waals surface area contributed by atoms with Gasteiger partial charge < -0.3 is 20.3 Å². The Balaban J connectivity index is 1.71. The second-order valence-corrected chi connectivity index (χ2v) is 6.65. The van der Waals surface area contributed by atoms with Crippen LogP contribution in [0.4, 0.5) is 13.2 Å². The van der Waals surface area contributed by atoms with Gasteiger partial charge in [-0.25, -0.2) is 0 Å². The van der Waals surface area contributed by atoms with Crippen LogP contribution in [-0.4, -0.2) is 57.1 Å². The Labute approximate surface area is 163 Å². The van der Waals surface area contributed by atoms with E-state index < -0.39 is 11.7 Å². The number of alkyl halides is 3. The highest BCUT2D eigenvalue weighted by Crippen LogP contribution is 2.30. The van der Waals surface area contributed by atoms with Crippen LogP contribution in [0.25, 0.3) is 0 Å². The predicted molar refractivity (Wildman–Crippen MR) is 101 cm³/mol. The van der Waals surface area contributed by atoms with Gasteiger partial charge in [-0.1, -0.05) is 0 Å². The number of hydrogen-bond acceptors (Lipinski definition) is 3. The number of ether oxygens (including phenoxy) is 1. The Kier molecular flexibility index (Phi) is 7.95. The van der Waals surface area contributed by atoms with Gasteiger partial charge in [0.25, 0.3) is 0 Å². The Morgan fingerprint density at radius 1 is 1.25 bits per heavy atom. The summed E-state index contributed by atoms with van der Waals surface area (Å²) in [4.78, 5) is 17.9. The van der Waals surface area contributed by atoms with E-state index in [4.69, 9.17) is 4.74 Å². The number of rotatable bonds is 6. The fourth-order valence-corrected chi connectivity index (χ4v) is 3.12. The van der Waals surface area contributed by atoms with Crippen LogP contribution in [0.3, 0.4) is 0 Å². The number of halogens is 3. The number of guanidine groups is 1. The molecule has 0 aliphatic carbocycles. The summed E-state index contributed by atoms with van der Waals surface area (Å²) in [5, 5.41) is 5.86. The molecule has 1 amide bonds. The van der Waals surface area contributed by atoms with Crippen molar-refractivity contribution in [3.8, 4) is 5.75 Å². The van der Waals surface area contributed by atoms with E-state index in [9.17, 15) is 18.0 Å². The fraction of sp³-hybridized carbons (Fsp3) is 0.579. The molecule has 0 bridgehead atoms. The molecular formula is C19H27F3N4O2. The first-order chi connectivity index (χ1) is 13.3. The molecule has 1 aromatic carbocycles. The molecule has 0 unspecified atom stereocenters. The monoisotopic (exact) mass is 400 g/mol. The van der Waals surface area contributed by atoms with Gasteiger partial charge in [0.05, 0.1) is 12.1 Å². The highest BCUT2D eigenvalue weighted by atomic mass is 19.4. The molecule has 2 rings (SSSR count). The van der Waals surface area contributed by atoms with Crippen LogP contribution in [-0.2, 0) is 11.0 Å². The summed E-state index contributed by atoms with van der Waals surface area (Å²) in [7, 11) is 3.35. The van der Waals surface area contributed by atoms with E-state index in [2.05, 4.69) is 20.5 Å². The highest BCUT2D eigenvalue weighted by Gasteiger charge is 2.30. The average molecular weight is 400 g/mol. The van der Waals surface area contributed by atoms with Crippen molar-refractivity contribution in [3.05, 3.63) is 29.8 Å². The Bertz CT molecular complexity index is 654. The summed E-state index contributed by atoms with van der Waals surface area (Å²) >= 11 is 0. The van der Waals surface area contributed by atoms with Crippen LogP contribution in [0.5, 0.6) is 5.75 Å². The Morgan fingerprint density at radius 3 is 2.43 bits per heavy atom. The highest BCUT2D eigenvalue weighted by molar-refractivity contribution is 5.80. The van der Waals surface area contributed by atoms with Crippen molar-refractivity contribution in [1.29, 1.82) is 0 Å². The van der Waals surface area contributed by atoms with Crippen molar-refractivity contribution >= 4 is 11.9 Å². The topological polar surface area (TPSA) is 66.0 Å². The second-order valence-electron chi connectivity index (χ2n) is 6.65. The van der Waals surface area contributed by atoms with Crippen molar-refractivity contribution < 1.29 is 22.7 Å². The van der Waals surface area contributed by atoms with Crippen LogP contribution in [0.2, 0.25) is 0 Å². The molecule has 0 aromatic heterocycles. The summed E-state index contributed by atoms with van der Waals surface area (Å²) < 4.78 is 43.1. The van der Waals surface area contributed by atoms with Gasteiger partial charge in [-0.15, -0.1) is 0 Å². The van der Waals surface area contributed by atoms with Crippen LogP contribution in [0, 0.1) is 5.92 Å². The van der Waals surface area contributed by atoms with E-state index in [0.717, 1.165) is 44.0 Å². The Hall–Kier alpha value is -2.45. The van der Waals surface area contributed by atoms with Crippen LogP contribution < -0.4 is 15.4 Å². The molecule has 2 N–H and O–H groups in total. The minimum atomic E-state index is -4.35. The summed E-state index contributed by atoms with van der Waals surface area (Å²) in [5.41, 5.74) is -0.696. The lowest BCUT2D eigenvalue weighted by Gasteiger charge is -2.34. The number of nitrogens with one attached hydrogen (secondary N) is 2. The summed E-state index contributed by atoms with van der Waals surface area (Å²) in [6.07, 6.45) is -1.94. The van der Waals surface area contributed by atoms with Gasteiger partial charge in [0.1, 0.15) is 12.4 Å². The van der Waals surface area contributed by atoms with Crippen molar-refractivity contribution in [1.82, 2.24) is 15.5 Å². The number of hydrogen-bond donors (Lipinski definition) is 2. The SMILES string of the molecule is CN=C(NCCOc1ccc(C(F)(F)F)cc1)N1CCC(CC(=O)NC)CC1. The lowest BCUT2D eigenvalue weighted by Crippen LogP contribution is -2.46. The molecule has 1 fully saturated rings. The van der Waals surface area contributed by atoms with Crippen LogP contribution in [0.1, 0.15) is 24.8 Å². The lowest BCUT2D eigenvalue weighted by atomic mass is 9.93. The van der Waals surface area contributed by atoms with E-state index in [0.29, 0.717) is 31.2 Å². The molecule has 1 aliphatic heterocycles. The molecular weight excluding hydrogens is 373 g/mol. The number of nitrogens with zero attached hydrogens (tertiary/aromatic N) is 2. The number of amides is 1. The van der Waals surface area contributed by atoms with Gasteiger partial charge in [-0.2, -0.15) is 13.2 Å². The molecule has 1 aromatic rings. The third-order valence-corrected chi connectivity index (χ3v) is 4.71. The maximum Gasteiger partial charge on any atom is 0.416 e. The molecule has 28 heavy (non-hydrogen) atoms. The second kappa shape index (κ2) is 10.2. The number of aliphatic imine (C=N–C) groups is 1. The summed E-state index contributed by atoms with van der Waals surface area (Å²) in [6.45, 7) is 2.42. The minimum absolute atomic E-state index is 0.0707. The number of carbonyl (C=O) groups is 1. The van der Waals surface area contributed by atoms with E-state index in [1.54, 1.807) is 14.1 Å². The molecule has 9 heteroatoms. The first kappa shape index (κ1) is 21.8. The third kappa shape index (κ3) is 6.61. The summed E-state index contributed by atoms with van der Waals surface area (Å²) in [5.74, 6) is 1.60. The number of likely N-dealkylation sites (tertiary alicyclic amines) is 1. The normalized spacial score (nSPS) is 16.0.